The average molecular weight is 239 g/mol. The monoisotopic (exact) mass is 239 g/mol. The van der Waals surface area contributed by atoms with Gasteiger partial charge in [0.25, 0.3) is 0 Å². The minimum atomic E-state index is 0.516. The summed E-state index contributed by atoms with van der Waals surface area (Å²) in [6, 6.07) is 5.96. The van der Waals surface area contributed by atoms with Crippen LogP contribution in [0.1, 0.15) is 12.8 Å². The fourth-order valence-corrected chi connectivity index (χ4v) is 2.98. The van der Waals surface area contributed by atoms with Crippen molar-refractivity contribution in [2.45, 2.75) is 23.1 Å². The highest BCUT2D eigenvalue weighted by atomic mass is 32.2. The van der Waals surface area contributed by atoms with Crippen LogP contribution in [0, 0.1) is 0 Å². The van der Waals surface area contributed by atoms with Crippen LogP contribution in [0.3, 0.4) is 0 Å². The van der Waals surface area contributed by atoms with Crippen LogP contribution in [0.5, 0.6) is 11.5 Å². The molecule has 1 saturated heterocycles. The summed E-state index contributed by atoms with van der Waals surface area (Å²) < 4.78 is 10.5. The number of benzene rings is 1. The predicted molar refractivity (Wildman–Crippen MR) is 66.4 cm³/mol. The Hall–Kier alpha value is -0.870. The molecule has 1 aromatic carbocycles. The van der Waals surface area contributed by atoms with Crippen molar-refractivity contribution < 1.29 is 9.47 Å². The summed E-state index contributed by atoms with van der Waals surface area (Å²) in [5.74, 6) is 1.72. The molecule has 0 amide bonds. The van der Waals surface area contributed by atoms with Crippen molar-refractivity contribution in [2.24, 2.45) is 0 Å². The summed E-state index contributed by atoms with van der Waals surface area (Å²) in [7, 11) is 3.36. The lowest BCUT2D eigenvalue weighted by Gasteiger charge is -2.13. The van der Waals surface area contributed by atoms with Gasteiger partial charge in [0.2, 0.25) is 0 Å². The summed E-state index contributed by atoms with van der Waals surface area (Å²) in [5, 5.41) is 3.98. The average Bonchev–Trinajstić information content (AvgIpc) is 2.82. The predicted octanol–water partition coefficient (Wildman–Crippen LogP) is 2.51. The number of methoxy groups -OCH3 is 2. The molecule has 1 atom stereocenters. The zero-order chi connectivity index (χ0) is 11.4. The Balaban J connectivity index is 2.12. The molecular weight excluding hydrogens is 222 g/mol. The summed E-state index contributed by atoms with van der Waals surface area (Å²) >= 11 is 1.83. The number of rotatable bonds is 4. The van der Waals surface area contributed by atoms with Gasteiger partial charge in [-0.25, -0.2) is 0 Å². The number of nitrogens with one attached hydrogen (secondary N) is 1. The molecule has 0 aromatic heterocycles. The smallest absolute Gasteiger partial charge is 0.136 e. The van der Waals surface area contributed by atoms with Crippen molar-refractivity contribution >= 4 is 11.8 Å². The molecule has 0 bridgehead atoms. The maximum atomic E-state index is 5.37. The molecule has 1 N–H and O–H groups in total. The molecule has 1 heterocycles. The van der Waals surface area contributed by atoms with Crippen molar-refractivity contribution in [2.75, 3.05) is 20.8 Å². The second-order valence-electron chi connectivity index (χ2n) is 3.72. The fourth-order valence-electron chi connectivity index (χ4n) is 1.78. The van der Waals surface area contributed by atoms with Gasteiger partial charge >= 0.3 is 0 Å². The van der Waals surface area contributed by atoms with Gasteiger partial charge in [-0.15, -0.1) is 11.8 Å². The van der Waals surface area contributed by atoms with Gasteiger partial charge in [-0.2, -0.15) is 0 Å². The number of thioether (sulfide) groups is 1. The molecule has 0 spiro atoms. The molecular formula is C12H17NO2S. The van der Waals surface area contributed by atoms with Gasteiger partial charge in [0, 0.05) is 6.07 Å². The molecule has 2 rings (SSSR count). The van der Waals surface area contributed by atoms with E-state index in [1.165, 1.54) is 17.7 Å². The minimum absolute atomic E-state index is 0.516. The maximum Gasteiger partial charge on any atom is 0.136 e. The standard InChI is InChI=1S/C12H17NO2S/c1-14-9-5-6-11(10(8-9)15-2)16-12-4-3-7-13-12/h5-6,8,12-13H,3-4,7H2,1-2H3. The molecule has 1 aromatic rings. The zero-order valence-corrected chi connectivity index (χ0v) is 10.5. The first-order chi connectivity index (χ1) is 7.83. The molecule has 0 radical (unpaired) electrons. The molecule has 1 fully saturated rings. The van der Waals surface area contributed by atoms with Crippen LogP contribution in [-0.4, -0.2) is 26.1 Å². The van der Waals surface area contributed by atoms with E-state index in [0.717, 1.165) is 18.0 Å². The highest BCUT2D eigenvalue weighted by molar-refractivity contribution is 8.00. The third-order valence-corrected chi connectivity index (χ3v) is 3.93. The van der Waals surface area contributed by atoms with Gasteiger partial charge in [0.15, 0.2) is 0 Å². The molecule has 88 valence electrons. The SMILES string of the molecule is COc1ccc(SC2CCCN2)c(OC)c1. The van der Waals surface area contributed by atoms with E-state index in [1.807, 2.05) is 23.9 Å². The lowest BCUT2D eigenvalue weighted by atomic mass is 10.3. The van der Waals surface area contributed by atoms with E-state index in [1.54, 1.807) is 14.2 Å². The minimum Gasteiger partial charge on any atom is -0.497 e. The Labute approximate surface area is 101 Å². The summed E-state index contributed by atoms with van der Waals surface area (Å²) in [6.07, 6.45) is 2.48. The molecule has 1 unspecified atom stereocenters. The van der Waals surface area contributed by atoms with E-state index in [-0.39, 0.29) is 0 Å². The lowest BCUT2D eigenvalue weighted by molar-refractivity contribution is 0.387. The van der Waals surface area contributed by atoms with Crippen molar-refractivity contribution in [3.05, 3.63) is 18.2 Å². The second-order valence-corrected chi connectivity index (χ2v) is 4.96. The molecule has 1 aliphatic rings. The van der Waals surface area contributed by atoms with Crippen molar-refractivity contribution in [1.82, 2.24) is 5.32 Å². The summed E-state index contributed by atoms with van der Waals surface area (Å²) in [5.41, 5.74) is 0. The van der Waals surface area contributed by atoms with Gasteiger partial charge in [0.05, 0.1) is 24.5 Å². The summed E-state index contributed by atoms with van der Waals surface area (Å²) in [6.45, 7) is 1.12. The highest BCUT2D eigenvalue weighted by Gasteiger charge is 2.17. The van der Waals surface area contributed by atoms with Crippen LogP contribution in [0.4, 0.5) is 0 Å². The first-order valence-corrected chi connectivity index (χ1v) is 6.33. The van der Waals surface area contributed by atoms with Crippen molar-refractivity contribution in [3.63, 3.8) is 0 Å². The Morgan fingerprint density at radius 1 is 1.31 bits per heavy atom. The Morgan fingerprint density at radius 3 is 2.81 bits per heavy atom. The highest BCUT2D eigenvalue weighted by Crippen LogP contribution is 2.36. The van der Waals surface area contributed by atoms with Gasteiger partial charge < -0.3 is 14.8 Å². The third-order valence-electron chi connectivity index (χ3n) is 2.66. The van der Waals surface area contributed by atoms with Crippen molar-refractivity contribution in [1.29, 1.82) is 0 Å². The van der Waals surface area contributed by atoms with E-state index in [0.29, 0.717) is 5.37 Å². The Morgan fingerprint density at radius 2 is 2.19 bits per heavy atom. The first-order valence-electron chi connectivity index (χ1n) is 5.45. The second kappa shape index (κ2) is 5.46. The largest absolute Gasteiger partial charge is 0.497 e. The van der Waals surface area contributed by atoms with E-state index >= 15 is 0 Å². The number of hydrogen-bond acceptors (Lipinski definition) is 4. The van der Waals surface area contributed by atoms with Crippen LogP contribution >= 0.6 is 11.8 Å². The molecule has 1 aliphatic heterocycles. The lowest BCUT2D eigenvalue weighted by Crippen LogP contribution is -2.16. The zero-order valence-electron chi connectivity index (χ0n) is 9.66. The Bertz CT molecular complexity index is 351. The van der Waals surface area contributed by atoms with Crippen LogP contribution in [-0.2, 0) is 0 Å². The van der Waals surface area contributed by atoms with E-state index in [2.05, 4.69) is 11.4 Å². The number of hydrogen-bond donors (Lipinski definition) is 1. The molecule has 0 saturated carbocycles. The van der Waals surface area contributed by atoms with Crippen LogP contribution in [0.2, 0.25) is 0 Å². The van der Waals surface area contributed by atoms with Gasteiger partial charge in [-0.05, 0) is 31.5 Å². The quantitative estimate of drug-likeness (QED) is 0.874. The molecule has 0 aliphatic carbocycles. The van der Waals surface area contributed by atoms with Crippen LogP contribution < -0.4 is 14.8 Å². The van der Waals surface area contributed by atoms with Crippen LogP contribution in [0.15, 0.2) is 23.1 Å². The first kappa shape index (κ1) is 11.6. The molecule has 16 heavy (non-hydrogen) atoms. The fraction of sp³-hybridized carbons (Fsp3) is 0.500. The Kier molecular flexibility index (Phi) is 3.96. The van der Waals surface area contributed by atoms with Crippen molar-refractivity contribution in [3.8, 4) is 11.5 Å². The van der Waals surface area contributed by atoms with Crippen LogP contribution in [0.25, 0.3) is 0 Å². The van der Waals surface area contributed by atoms with Gasteiger partial charge in [-0.1, -0.05) is 0 Å². The van der Waals surface area contributed by atoms with Gasteiger partial charge in [0.1, 0.15) is 11.5 Å². The van der Waals surface area contributed by atoms with E-state index in [9.17, 15) is 0 Å². The molecule has 3 nitrogen and oxygen atoms in total. The topological polar surface area (TPSA) is 30.5 Å². The van der Waals surface area contributed by atoms with Gasteiger partial charge in [-0.3, -0.25) is 0 Å². The van der Waals surface area contributed by atoms with E-state index < -0.39 is 0 Å². The van der Waals surface area contributed by atoms with E-state index in [4.69, 9.17) is 9.47 Å². The third kappa shape index (κ3) is 2.62. The number of ether oxygens (including phenoxy) is 2. The molecule has 4 heteroatoms. The maximum absolute atomic E-state index is 5.37. The summed E-state index contributed by atoms with van der Waals surface area (Å²) in [4.78, 5) is 1.17. The normalized spacial score (nSPS) is 19.8.